The van der Waals surface area contributed by atoms with Crippen LogP contribution >= 0.6 is 12.4 Å². The molecule has 0 spiro atoms. The Morgan fingerprint density at radius 3 is 0.812 bits per heavy atom. The molecule has 0 saturated carbocycles. The molecular weight excluding hydrogens is 1310 g/mol. The number of benzene rings is 6. The summed E-state index contributed by atoms with van der Waals surface area (Å²) in [7, 11) is 0. The minimum absolute atomic E-state index is 0. The summed E-state index contributed by atoms with van der Waals surface area (Å²) in [5, 5.41) is 32.7. The van der Waals surface area contributed by atoms with Gasteiger partial charge in [-0.3, -0.25) is 57.5 Å². The Morgan fingerprint density at radius 1 is 0.366 bits per heavy atom. The molecule has 526 valence electrons. The lowest BCUT2D eigenvalue weighted by atomic mass is 9.85. The molecule has 28 heteroatoms. The fraction of sp³-hybridized carbons (Fsp3) is 0.301. The number of carbonyl (C=O) groups excluding carboxylic acids is 12. The molecule has 9 amide bonds. The summed E-state index contributed by atoms with van der Waals surface area (Å²) in [5.41, 5.74) is 23.8. The molecule has 3 atom stereocenters. The zero-order chi connectivity index (χ0) is 71.6. The van der Waals surface area contributed by atoms with Crippen molar-refractivity contribution in [3.05, 3.63) is 179 Å². The highest BCUT2D eigenvalue weighted by Crippen LogP contribution is 2.35. The number of hydrogen-bond acceptors (Lipinski definition) is 18. The van der Waals surface area contributed by atoms with Crippen LogP contribution in [-0.2, 0) is 43.2 Å². The van der Waals surface area contributed by atoms with E-state index >= 15 is 0 Å². The molecule has 0 unspecified atom stereocenters. The monoisotopic (exact) mass is 1390 g/mol. The van der Waals surface area contributed by atoms with Crippen LogP contribution in [0.5, 0.6) is 0 Å². The Hall–Kier alpha value is -11.3. The van der Waals surface area contributed by atoms with Gasteiger partial charge >= 0.3 is 0 Å². The predicted octanol–water partition coefficient (Wildman–Crippen LogP) is 6.93. The number of ketones is 3. The highest BCUT2D eigenvalue weighted by Gasteiger charge is 2.32. The fourth-order valence-electron chi connectivity index (χ4n) is 11.4. The van der Waals surface area contributed by atoms with Crippen LogP contribution in [0.15, 0.2) is 161 Å². The first-order chi connectivity index (χ1) is 48.1. The first-order valence-corrected chi connectivity index (χ1v) is 32.9. The smallest absolute Gasteiger partial charge is 0.293 e. The van der Waals surface area contributed by atoms with Crippen molar-refractivity contribution >= 4 is 134 Å². The van der Waals surface area contributed by atoms with Gasteiger partial charge in [-0.15, -0.1) is 12.4 Å². The van der Waals surface area contributed by atoms with Gasteiger partial charge in [-0.05, 0) is 224 Å². The molecule has 3 aliphatic heterocycles. The van der Waals surface area contributed by atoms with E-state index in [1.165, 1.54) is 87.8 Å². The van der Waals surface area contributed by atoms with Crippen LogP contribution in [0, 0.1) is 0 Å². The van der Waals surface area contributed by atoms with Crippen LogP contribution in [0.3, 0.4) is 0 Å². The van der Waals surface area contributed by atoms with Gasteiger partial charge in [0.1, 0.15) is 18.1 Å². The molecule has 3 aliphatic rings. The Bertz CT molecular complexity index is 3760. The van der Waals surface area contributed by atoms with E-state index in [9.17, 15) is 57.5 Å². The average molecular weight is 1390 g/mol. The highest BCUT2D eigenvalue weighted by molar-refractivity contribution is 6.44. The van der Waals surface area contributed by atoms with E-state index in [1.54, 1.807) is 93.6 Å². The Labute approximate surface area is 588 Å². The van der Waals surface area contributed by atoms with Crippen molar-refractivity contribution in [3.8, 4) is 0 Å². The molecule has 9 rings (SSSR count). The fourth-order valence-corrected chi connectivity index (χ4v) is 11.4. The topological polar surface area (TPSA) is 402 Å². The van der Waals surface area contributed by atoms with E-state index in [0.717, 1.165) is 0 Å². The second kappa shape index (κ2) is 35.5. The van der Waals surface area contributed by atoms with E-state index in [2.05, 4.69) is 47.2 Å². The number of amides is 9. The van der Waals surface area contributed by atoms with E-state index in [1.807, 2.05) is 0 Å². The zero-order valence-corrected chi connectivity index (χ0v) is 56.8. The van der Waals surface area contributed by atoms with Crippen molar-refractivity contribution in [3.63, 3.8) is 0 Å². The van der Waals surface area contributed by atoms with Gasteiger partial charge in [0.25, 0.3) is 35.4 Å². The van der Waals surface area contributed by atoms with Gasteiger partial charge in [0, 0.05) is 56.8 Å². The molecule has 101 heavy (non-hydrogen) atoms. The lowest BCUT2D eigenvalue weighted by molar-refractivity contribution is -0.124. The van der Waals surface area contributed by atoms with Gasteiger partial charge in [-0.25, -0.2) is 15.0 Å². The van der Waals surface area contributed by atoms with Crippen LogP contribution in [0.1, 0.15) is 152 Å². The minimum atomic E-state index is -1.15. The molecule has 0 aromatic heterocycles. The summed E-state index contributed by atoms with van der Waals surface area (Å²) in [6.07, 6.45) is 3.90. The number of halogens is 1. The lowest BCUT2D eigenvalue weighted by Crippen LogP contribution is -2.46. The summed E-state index contributed by atoms with van der Waals surface area (Å²) < 4.78 is 0. The molecule has 3 heterocycles. The number of nitrogens with two attached hydrogens (primary N) is 3. The standard InChI is InChI=1S/C73H79N15O12.ClH/c1-43-40-61(89)86(83-43)55-31-19-49(20-32-55)65(92)71(98)80-58(10-4-7-37-74)68(95)77-52-25-13-46(14-26-52)64(47-15-27-53(28-16-47)78-69(96)59(11-5-8-38-75)81-72(99)66(93)50-21-33-56(34-22-50)87-62(90)41-44(2)84-87)48-17-29-54(30-18-48)79-70(97)60(12-6-9-39-76)82-73(100)67(94)51-23-35-57(36-24-51)88-63(91)42-45(3)85-88;/h13-36,58-60,64H,4-12,37-42,74-76H2,1-3H3,(H,77,95)(H,78,96)(H,79,97)(H,80,98)(H,81,99)(H,82,100);1H/t58-,59-,60-;/m1./s1. The average Bonchev–Trinajstić information content (AvgIpc) is 1.49. The molecule has 6 aromatic rings. The van der Waals surface area contributed by atoms with Gasteiger partial charge in [0.2, 0.25) is 35.1 Å². The Morgan fingerprint density at radius 2 is 0.604 bits per heavy atom. The van der Waals surface area contributed by atoms with Crippen molar-refractivity contribution in [2.75, 3.05) is 50.6 Å². The summed E-state index contributed by atoms with van der Waals surface area (Å²) in [5.74, 6) is -8.82. The van der Waals surface area contributed by atoms with Crippen molar-refractivity contribution in [1.82, 2.24) is 16.0 Å². The van der Waals surface area contributed by atoms with Gasteiger partial charge in [-0.2, -0.15) is 15.3 Å². The number of unbranched alkanes of at least 4 members (excludes halogenated alkanes) is 3. The predicted molar refractivity (Wildman–Crippen MR) is 386 cm³/mol. The number of nitrogens with one attached hydrogen (secondary N) is 6. The highest BCUT2D eigenvalue weighted by atomic mass is 35.5. The number of nitrogens with zero attached hydrogens (tertiary/aromatic N) is 6. The van der Waals surface area contributed by atoms with Crippen LogP contribution in [0.25, 0.3) is 0 Å². The van der Waals surface area contributed by atoms with E-state index in [-0.39, 0.29) is 85.3 Å². The summed E-state index contributed by atoms with van der Waals surface area (Å²) in [4.78, 5) is 160. The van der Waals surface area contributed by atoms with Crippen LogP contribution in [0.2, 0.25) is 0 Å². The molecule has 27 nitrogen and oxygen atoms in total. The SMILES string of the molecule is CC1=NN(c2ccc(C(=O)C(=O)N[C@H](CCCCN)C(=O)Nc3ccc(C(c4ccc(NC(=O)[C@@H](CCCCN)NC(=O)C(=O)c5ccc(N6N=C(C)CC6=O)cc5)cc4)c4ccc(NC(=O)[C@@H](CCCCN)NC(=O)C(=O)c5ccc(N6N=C(C)CC6=O)cc5)cc4)cc3)cc2)C(=O)C1.Cl. The largest absolute Gasteiger partial charge is 0.337 e. The molecule has 0 aliphatic carbocycles. The Kier molecular flexibility index (Phi) is 26.5. The van der Waals surface area contributed by atoms with Crippen molar-refractivity contribution in [2.24, 2.45) is 32.5 Å². The summed E-state index contributed by atoms with van der Waals surface area (Å²) in [6.45, 7) is 6.15. The number of Topliss-reactive ketones (excluding diaryl/α,β-unsaturated/α-hetero) is 3. The molecule has 12 N–H and O–H groups in total. The number of carbonyl (C=O) groups is 12. The quantitative estimate of drug-likeness (QED) is 0.00872. The minimum Gasteiger partial charge on any atom is -0.337 e. The maximum atomic E-state index is 14.1. The number of anilines is 6. The zero-order valence-electron chi connectivity index (χ0n) is 56.0. The molecule has 0 radical (unpaired) electrons. The molecule has 0 fully saturated rings. The molecule has 0 saturated heterocycles. The van der Waals surface area contributed by atoms with E-state index < -0.39 is 76.8 Å². The molecule has 0 bridgehead atoms. The number of hydrazone groups is 3. The van der Waals surface area contributed by atoms with Crippen molar-refractivity contribution < 1.29 is 57.5 Å². The third-order valence-corrected chi connectivity index (χ3v) is 16.7. The Balaban J connectivity index is 0.0000130. The third kappa shape index (κ3) is 19.8. The first-order valence-electron chi connectivity index (χ1n) is 32.9. The van der Waals surface area contributed by atoms with Gasteiger partial charge < -0.3 is 49.1 Å². The lowest BCUT2D eigenvalue weighted by Gasteiger charge is -2.22. The normalized spacial score (nSPS) is 14.2. The molecule has 6 aromatic carbocycles. The van der Waals surface area contributed by atoms with Gasteiger partial charge in [0.15, 0.2) is 0 Å². The number of rotatable bonds is 33. The van der Waals surface area contributed by atoms with Crippen molar-refractivity contribution in [2.45, 2.75) is 122 Å². The third-order valence-electron chi connectivity index (χ3n) is 16.7. The molecular formula is C73H80ClN15O12. The maximum absolute atomic E-state index is 14.1. The van der Waals surface area contributed by atoms with Gasteiger partial charge in [-0.1, -0.05) is 36.4 Å². The van der Waals surface area contributed by atoms with Crippen LogP contribution < -0.4 is 64.1 Å². The number of hydrogen-bond donors (Lipinski definition) is 9. The summed E-state index contributed by atoms with van der Waals surface area (Å²) in [6, 6.07) is 34.7. The maximum Gasteiger partial charge on any atom is 0.293 e. The van der Waals surface area contributed by atoms with Gasteiger partial charge in [0.05, 0.1) is 36.3 Å². The van der Waals surface area contributed by atoms with E-state index in [4.69, 9.17) is 17.2 Å². The van der Waals surface area contributed by atoms with Crippen molar-refractivity contribution in [1.29, 1.82) is 0 Å². The van der Waals surface area contributed by atoms with E-state index in [0.29, 0.717) is 126 Å². The second-order valence-electron chi connectivity index (χ2n) is 24.5. The second-order valence-corrected chi connectivity index (χ2v) is 24.5. The van der Waals surface area contributed by atoms with Crippen LogP contribution in [-0.4, -0.2) is 125 Å². The summed E-state index contributed by atoms with van der Waals surface area (Å²) >= 11 is 0. The van der Waals surface area contributed by atoms with Crippen LogP contribution in [0.4, 0.5) is 34.1 Å². The first kappa shape index (κ1) is 75.5.